The summed E-state index contributed by atoms with van der Waals surface area (Å²) in [7, 11) is -3.51. The normalized spacial score (nSPS) is 16.8. The molecule has 2 aromatic heterocycles. The molecule has 8 nitrogen and oxygen atoms in total. The van der Waals surface area contributed by atoms with E-state index in [4.69, 9.17) is 0 Å². The molecule has 1 aliphatic carbocycles. The summed E-state index contributed by atoms with van der Waals surface area (Å²) in [5.41, 5.74) is 3.59. The highest BCUT2D eigenvalue weighted by molar-refractivity contribution is 7.89. The van der Waals surface area contributed by atoms with Crippen LogP contribution in [0.25, 0.3) is 0 Å². The highest BCUT2D eigenvalue weighted by atomic mass is 32.2. The summed E-state index contributed by atoms with van der Waals surface area (Å²) < 4.78 is 28.2. The smallest absolute Gasteiger partial charge is 0.243 e. The lowest BCUT2D eigenvalue weighted by Crippen LogP contribution is -2.49. The first-order chi connectivity index (χ1) is 16.4. The fourth-order valence-electron chi connectivity index (χ4n) is 4.69. The van der Waals surface area contributed by atoms with Gasteiger partial charge in [0.25, 0.3) is 0 Å². The molecule has 1 saturated heterocycles. The largest absolute Gasteiger partial charge is 0.354 e. The van der Waals surface area contributed by atoms with Crippen LogP contribution in [-0.2, 0) is 22.9 Å². The minimum Gasteiger partial charge on any atom is -0.354 e. The topological polar surface area (TPSA) is 91.3 Å². The Hall–Kier alpha value is -3.04. The molecular formula is C25H30N6O2S. The third-order valence-electron chi connectivity index (χ3n) is 6.52. The molecule has 0 atom stereocenters. The molecular weight excluding hydrogens is 448 g/mol. The van der Waals surface area contributed by atoms with E-state index < -0.39 is 10.0 Å². The van der Waals surface area contributed by atoms with E-state index >= 15 is 0 Å². The van der Waals surface area contributed by atoms with Crippen molar-refractivity contribution in [2.24, 2.45) is 0 Å². The van der Waals surface area contributed by atoms with Gasteiger partial charge in [-0.1, -0.05) is 6.07 Å². The second-order valence-electron chi connectivity index (χ2n) is 9.03. The number of anilines is 3. The Morgan fingerprint density at radius 1 is 0.853 bits per heavy atom. The Balaban J connectivity index is 1.29. The molecule has 0 bridgehead atoms. The maximum absolute atomic E-state index is 13.3. The highest BCUT2D eigenvalue weighted by Crippen LogP contribution is 2.27. The lowest BCUT2D eigenvalue weighted by atomic mass is 9.92. The van der Waals surface area contributed by atoms with Crippen LogP contribution in [0.5, 0.6) is 0 Å². The number of aryl methyl sites for hydroxylation is 4. The minimum absolute atomic E-state index is 0.414. The summed E-state index contributed by atoms with van der Waals surface area (Å²) in [6.45, 7) is 5.86. The Morgan fingerprint density at radius 2 is 1.62 bits per heavy atom. The number of piperazine rings is 1. The van der Waals surface area contributed by atoms with Crippen LogP contribution in [0.15, 0.2) is 47.5 Å². The molecule has 9 heteroatoms. The van der Waals surface area contributed by atoms with Gasteiger partial charge in [0.1, 0.15) is 23.3 Å². The molecule has 2 aliphatic rings. The summed E-state index contributed by atoms with van der Waals surface area (Å²) >= 11 is 0. The summed E-state index contributed by atoms with van der Waals surface area (Å²) in [5, 5.41) is 3.25. The molecule has 3 heterocycles. The summed E-state index contributed by atoms with van der Waals surface area (Å²) in [5.74, 6) is 2.83. The zero-order valence-electron chi connectivity index (χ0n) is 19.7. The Bertz CT molecular complexity index is 1300. The molecule has 178 valence electrons. The third kappa shape index (κ3) is 4.76. The van der Waals surface area contributed by atoms with Gasteiger partial charge in [-0.05, 0) is 80.5 Å². The minimum atomic E-state index is -3.51. The Labute approximate surface area is 201 Å². The number of rotatable bonds is 5. The number of nitrogens with zero attached hydrogens (tertiary/aromatic N) is 5. The van der Waals surface area contributed by atoms with Crippen LogP contribution >= 0.6 is 0 Å². The molecule has 0 amide bonds. The summed E-state index contributed by atoms with van der Waals surface area (Å²) in [6.07, 6.45) is 6.08. The van der Waals surface area contributed by atoms with Crippen LogP contribution < -0.4 is 10.2 Å². The van der Waals surface area contributed by atoms with Crippen molar-refractivity contribution >= 4 is 27.5 Å². The first-order valence-electron chi connectivity index (χ1n) is 11.8. The first-order valence-corrected chi connectivity index (χ1v) is 13.2. The van der Waals surface area contributed by atoms with E-state index in [0.717, 1.165) is 36.5 Å². The first kappa shape index (κ1) is 22.7. The van der Waals surface area contributed by atoms with E-state index in [0.29, 0.717) is 42.7 Å². The van der Waals surface area contributed by atoms with Gasteiger partial charge in [-0.2, -0.15) is 4.31 Å². The van der Waals surface area contributed by atoms with Crippen molar-refractivity contribution < 1.29 is 8.42 Å². The van der Waals surface area contributed by atoms with Crippen molar-refractivity contribution in [3.05, 3.63) is 65.1 Å². The lowest BCUT2D eigenvalue weighted by molar-refractivity contribution is 0.383. The van der Waals surface area contributed by atoms with Gasteiger partial charge in [-0.25, -0.2) is 23.4 Å². The molecule has 0 unspecified atom stereocenters. The van der Waals surface area contributed by atoms with Crippen LogP contribution in [0.1, 0.15) is 35.4 Å². The van der Waals surface area contributed by atoms with E-state index in [1.807, 2.05) is 44.2 Å². The van der Waals surface area contributed by atoms with Gasteiger partial charge >= 0.3 is 0 Å². The Morgan fingerprint density at radius 3 is 2.38 bits per heavy atom. The van der Waals surface area contributed by atoms with Gasteiger partial charge in [0.05, 0.1) is 4.90 Å². The van der Waals surface area contributed by atoms with Crippen molar-refractivity contribution in [1.82, 2.24) is 19.3 Å². The number of aromatic nitrogens is 3. The molecule has 1 aliphatic heterocycles. The van der Waals surface area contributed by atoms with Gasteiger partial charge in [-0.3, -0.25) is 0 Å². The highest BCUT2D eigenvalue weighted by Gasteiger charge is 2.30. The summed E-state index contributed by atoms with van der Waals surface area (Å²) in [6, 6.07) is 11.5. The maximum atomic E-state index is 13.3. The molecule has 34 heavy (non-hydrogen) atoms. The van der Waals surface area contributed by atoms with Gasteiger partial charge in [0.2, 0.25) is 10.0 Å². The number of pyridine rings is 1. The van der Waals surface area contributed by atoms with Gasteiger partial charge in [-0.15, -0.1) is 0 Å². The van der Waals surface area contributed by atoms with Crippen molar-refractivity contribution in [1.29, 1.82) is 0 Å². The maximum Gasteiger partial charge on any atom is 0.243 e. The number of hydrogen-bond acceptors (Lipinski definition) is 7. The monoisotopic (exact) mass is 478 g/mol. The predicted molar refractivity (Wildman–Crippen MR) is 133 cm³/mol. The second kappa shape index (κ2) is 9.31. The van der Waals surface area contributed by atoms with Crippen LogP contribution in [-0.4, -0.2) is 53.9 Å². The molecule has 1 fully saturated rings. The van der Waals surface area contributed by atoms with Crippen molar-refractivity contribution in [2.75, 3.05) is 36.4 Å². The zero-order valence-corrected chi connectivity index (χ0v) is 20.5. The zero-order chi connectivity index (χ0) is 23.7. The number of hydrogen-bond donors (Lipinski definition) is 1. The van der Waals surface area contributed by atoms with Crippen LogP contribution in [0, 0.1) is 13.8 Å². The number of benzene rings is 1. The quantitative estimate of drug-likeness (QED) is 0.599. The van der Waals surface area contributed by atoms with Gasteiger partial charge in [0, 0.05) is 38.4 Å². The standard InChI is InChI=1S/C25H30N6O2S/c1-18-9-10-26-23(15-18)29-24-17-25(28-19(2)27-24)30-11-13-31(14-12-30)34(32,33)22-8-7-20-5-3-4-6-21(20)16-22/h7-10,15-17H,3-6,11-14H2,1-2H3,(H,26,27,28,29). The summed E-state index contributed by atoms with van der Waals surface area (Å²) in [4.78, 5) is 16.0. The second-order valence-corrected chi connectivity index (χ2v) is 11.0. The van der Waals surface area contributed by atoms with Crippen LogP contribution in [0.2, 0.25) is 0 Å². The molecule has 0 saturated carbocycles. The SMILES string of the molecule is Cc1ccnc(Nc2cc(N3CCN(S(=O)(=O)c4ccc5c(c4)CCCC5)CC3)nc(C)n2)c1. The average molecular weight is 479 g/mol. The number of sulfonamides is 1. The molecule has 3 aromatic rings. The molecule has 1 N–H and O–H groups in total. The van der Waals surface area contributed by atoms with Crippen molar-refractivity contribution in [3.63, 3.8) is 0 Å². The predicted octanol–water partition coefficient (Wildman–Crippen LogP) is 3.62. The van der Waals surface area contributed by atoms with Crippen molar-refractivity contribution in [3.8, 4) is 0 Å². The molecule has 0 spiro atoms. The number of fused-ring (bicyclic) bond motifs is 1. The van der Waals surface area contributed by atoms with E-state index in [2.05, 4.69) is 25.2 Å². The van der Waals surface area contributed by atoms with Gasteiger partial charge in [0.15, 0.2) is 0 Å². The fraction of sp³-hybridized carbons (Fsp3) is 0.400. The molecule has 0 radical (unpaired) electrons. The van der Waals surface area contributed by atoms with Crippen LogP contribution in [0.4, 0.5) is 17.5 Å². The van der Waals surface area contributed by atoms with Crippen LogP contribution in [0.3, 0.4) is 0 Å². The van der Waals surface area contributed by atoms with Gasteiger partial charge < -0.3 is 10.2 Å². The molecule has 1 aromatic carbocycles. The third-order valence-corrected chi connectivity index (χ3v) is 8.41. The van der Waals surface area contributed by atoms with E-state index in [1.54, 1.807) is 16.6 Å². The fourth-order valence-corrected chi connectivity index (χ4v) is 6.16. The average Bonchev–Trinajstić information content (AvgIpc) is 2.83. The van der Waals surface area contributed by atoms with E-state index in [-0.39, 0.29) is 0 Å². The van der Waals surface area contributed by atoms with Crippen molar-refractivity contribution in [2.45, 2.75) is 44.4 Å². The number of nitrogens with one attached hydrogen (secondary N) is 1. The van der Waals surface area contributed by atoms with E-state index in [9.17, 15) is 8.42 Å². The van der Waals surface area contributed by atoms with E-state index in [1.165, 1.54) is 17.5 Å². The Kier molecular flexibility index (Phi) is 6.22. The molecule has 5 rings (SSSR count). The lowest BCUT2D eigenvalue weighted by Gasteiger charge is -2.35.